The standard InChI is InChI=1S/C18H13Cl2N3O2S/c1-11-10-26-18(22-11)23-21-9-12-2-5-14(6-3-12)25-17(24)15-7-4-13(19)8-16(15)20/h2-10H,1H3,(H,22,23)/b21-9-. The minimum atomic E-state index is -0.547. The maximum atomic E-state index is 12.2. The zero-order valence-electron chi connectivity index (χ0n) is 13.6. The van der Waals surface area contributed by atoms with Gasteiger partial charge < -0.3 is 4.74 Å². The predicted molar refractivity (Wildman–Crippen MR) is 106 cm³/mol. The van der Waals surface area contributed by atoms with Crippen LogP contribution in [0, 0.1) is 6.92 Å². The van der Waals surface area contributed by atoms with Crippen molar-refractivity contribution in [3.63, 3.8) is 0 Å². The summed E-state index contributed by atoms with van der Waals surface area (Å²) in [5.74, 6) is -0.143. The third-order valence-corrected chi connectivity index (χ3v) is 4.65. The van der Waals surface area contributed by atoms with Crippen LogP contribution >= 0.6 is 34.5 Å². The minimum absolute atomic E-state index is 0.245. The second-order valence-corrected chi connectivity index (χ2v) is 6.95. The molecule has 0 aliphatic heterocycles. The van der Waals surface area contributed by atoms with Gasteiger partial charge in [0.05, 0.1) is 22.5 Å². The number of anilines is 1. The number of carbonyl (C=O) groups is 1. The van der Waals surface area contributed by atoms with Gasteiger partial charge in [-0.25, -0.2) is 9.78 Å². The van der Waals surface area contributed by atoms with Crippen LogP contribution in [0.5, 0.6) is 5.75 Å². The Hall–Kier alpha value is -2.41. The summed E-state index contributed by atoms with van der Waals surface area (Å²) in [5.41, 5.74) is 4.90. The van der Waals surface area contributed by atoms with Crippen LogP contribution in [-0.4, -0.2) is 17.2 Å². The van der Waals surface area contributed by atoms with E-state index in [-0.39, 0.29) is 10.6 Å². The van der Waals surface area contributed by atoms with Gasteiger partial charge in [0.15, 0.2) is 0 Å². The number of thiazole rings is 1. The number of nitrogens with zero attached hydrogens (tertiary/aromatic N) is 2. The summed E-state index contributed by atoms with van der Waals surface area (Å²) >= 11 is 13.3. The van der Waals surface area contributed by atoms with E-state index in [4.69, 9.17) is 27.9 Å². The highest BCUT2D eigenvalue weighted by molar-refractivity contribution is 7.13. The molecule has 1 N–H and O–H groups in total. The molecule has 0 amide bonds. The van der Waals surface area contributed by atoms with Gasteiger partial charge in [0.2, 0.25) is 5.13 Å². The van der Waals surface area contributed by atoms with E-state index in [1.54, 1.807) is 36.5 Å². The molecule has 0 spiro atoms. The Labute approximate surface area is 164 Å². The van der Waals surface area contributed by atoms with Crippen molar-refractivity contribution in [1.29, 1.82) is 0 Å². The van der Waals surface area contributed by atoms with Crippen LogP contribution in [0.4, 0.5) is 5.13 Å². The molecule has 0 unspecified atom stereocenters. The number of aryl methyl sites for hydroxylation is 1. The lowest BCUT2D eigenvalue weighted by Gasteiger charge is -2.06. The summed E-state index contributed by atoms with van der Waals surface area (Å²) in [6.07, 6.45) is 1.65. The topological polar surface area (TPSA) is 63.6 Å². The first-order valence-electron chi connectivity index (χ1n) is 7.50. The second kappa shape index (κ2) is 8.31. The zero-order chi connectivity index (χ0) is 18.5. The average Bonchev–Trinajstić information content (AvgIpc) is 3.01. The summed E-state index contributed by atoms with van der Waals surface area (Å²) in [6.45, 7) is 1.92. The summed E-state index contributed by atoms with van der Waals surface area (Å²) < 4.78 is 5.32. The first-order chi connectivity index (χ1) is 12.5. The van der Waals surface area contributed by atoms with Gasteiger partial charge in [-0.1, -0.05) is 23.2 Å². The molecule has 5 nitrogen and oxygen atoms in total. The quantitative estimate of drug-likeness (QED) is 0.266. The highest BCUT2D eigenvalue weighted by Crippen LogP contribution is 2.23. The Morgan fingerprint density at radius 2 is 2.00 bits per heavy atom. The van der Waals surface area contributed by atoms with Crippen LogP contribution in [0.15, 0.2) is 52.9 Å². The van der Waals surface area contributed by atoms with E-state index in [1.807, 2.05) is 12.3 Å². The van der Waals surface area contributed by atoms with Crippen LogP contribution in [0.1, 0.15) is 21.6 Å². The molecule has 26 heavy (non-hydrogen) atoms. The van der Waals surface area contributed by atoms with Crippen molar-refractivity contribution in [3.05, 3.63) is 74.7 Å². The fourth-order valence-corrected chi connectivity index (χ4v) is 3.13. The third-order valence-electron chi connectivity index (χ3n) is 3.23. The largest absolute Gasteiger partial charge is 0.423 e. The fourth-order valence-electron chi connectivity index (χ4n) is 2.01. The van der Waals surface area contributed by atoms with Crippen LogP contribution in [-0.2, 0) is 0 Å². The van der Waals surface area contributed by atoms with Gasteiger partial charge in [-0.3, -0.25) is 5.43 Å². The number of rotatable bonds is 5. The molecule has 0 atom stereocenters. The maximum Gasteiger partial charge on any atom is 0.345 e. The molecule has 2 aromatic carbocycles. The molecule has 1 aromatic heterocycles. The summed E-state index contributed by atoms with van der Waals surface area (Å²) in [6, 6.07) is 11.5. The smallest absolute Gasteiger partial charge is 0.345 e. The number of nitrogens with one attached hydrogen (secondary N) is 1. The number of halogens is 2. The Balaban J connectivity index is 1.61. The van der Waals surface area contributed by atoms with E-state index in [0.717, 1.165) is 16.4 Å². The van der Waals surface area contributed by atoms with Crippen molar-refractivity contribution < 1.29 is 9.53 Å². The first-order valence-corrected chi connectivity index (χ1v) is 9.13. The van der Waals surface area contributed by atoms with E-state index in [2.05, 4.69) is 15.5 Å². The highest BCUT2D eigenvalue weighted by atomic mass is 35.5. The van der Waals surface area contributed by atoms with Crippen molar-refractivity contribution in [1.82, 2.24) is 4.98 Å². The third kappa shape index (κ3) is 4.82. The van der Waals surface area contributed by atoms with Gasteiger partial charge in [-0.15, -0.1) is 11.3 Å². The maximum absolute atomic E-state index is 12.2. The van der Waals surface area contributed by atoms with Crippen LogP contribution < -0.4 is 10.2 Å². The lowest BCUT2D eigenvalue weighted by atomic mass is 10.2. The molecule has 132 valence electrons. The Morgan fingerprint density at radius 1 is 1.23 bits per heavy atom. The molecular weight excluding hydrogens is 393 g/mol. The monoisotopic (exact) mass is 405 g/mol. The van der Waals surface area contributed by atoms with E-state index >= 15 is 0 Å². The van der Waals surface area contributed by atoms with Gasteiger partial charge in [0, 0.05) is 10.4 Å². The normalized spacial score (nSPS) is 10.9. The number of ether oxygens (including phenoxy) is 1. The molecule has 1 heterocycles. The average molecular weight is 406 g/mol. The lowest BCUT2D eigenvalue weighted by molar-refractivity contribution is 0.0735. The molecule has 0 saturated heterocycles. The molecule has 0 bridgehead atoms. The molecule has 3 aromatic rings. The molecule has 0 saturated carbocycles. The van der Waals surface area contributed by atoms with Gasteiger partial charge >= 0.3 is 5.97 Å². The van der Waals surface area contributed by atoms with Crippen molar-refractivity contribution in [2.45, 2.75) is 6.92 Å². The fraction of sp³-hybridized carbons (Fsp3) is 0.0556. The molecule has 0 radical (unpaired) electrons. The van der Waals surface area contributed by atoms with Gasteiger partial charge in [-0.05, 0) is 55.0 Å². The van der Waals surface area contributed by atoms with E-state index < -0.39 is 5.97 Å². The van der Waals surface area contributed by atoms with Crippen molar-refractivity contribution in [3.8, 4) is 5.75 Å². The summed E-state index contributed by atoms with van der Waals surface area (Å²) in [7, 11) is 0. The van der Waals surface area contributed by atoms with Crippen LogP contribution in [0.25, 0.3) is 0 Å². The Bertz CT molecular complexity index is 955. The lowest BCUT2D eigenvalue weighted by Crippen LogP contribution is -2.09. The number of benzene rings is 2. The van der Waals surface area contributed by atoms with E-state index in [9.17, 15) is 4.79 Å². The van der Waals surface area contributed by atoms with Crippen molar-refractivity contribution in [2.24, 2.45) is 5.10 Å². The number of hydrogen-bond acceptors (Lipinski definition) is 6. The van der Waals surface area contributed by atoms with Gasteiger partial charge in [0.1, 0.15) is 5.75 Å². The number of hydrogen-bond donors (Lipinski definition) is 1. The molecule has 0 aliphatic carbocycles. The Kier molecular flexibility index (Phi) is 5.88. The van der Waals surface area contributed by atoms with E-state index in [1.165, 1.54) is 23.5 Å². The number of esters is 1. The first kappa shape index (κ1) is 18.4. The number of carbonyl (C=O) groups excluding carboxylic acids is 1. The molecular formula is C18H13Cl2N3O2S. The summed E-state index contributed by atoms with van der Waals surface area (Å²) in [4.78, 5) is 16.4. The van der Waals surface area contributed by atoms with E-state index in [0.29, 0.717) is 10.8 Å². The molecule has 3 rings (SSSR count). The number of aromatic nitrogens is 1. The van der Waals surface area contributed by atoms with Crippen molar-refractivity contribution in [2.75, 3.05) is 5.43 Å². The van der Waals surface area contributed by atoms with Crippen molar-refractivity contribution >= 4 is 51.9 Å². The van der Waals surface area contributed by atoms with Crippen LogP contribution in [0.3, 0.4) is 0 Å². The summed E-state index contributed by atoms with van der Waals surface area (Å²) in [5, 5.41) is 7.48. The molecule has 0 fully saturated rings. The predicted octanol–water partition coefficient (Wildman–Crippen LogP) is 5.42. The molecule has 8 heteroatoms. The molecule has 0 aliphatic rings. The number of hydrazone groups is 1. The highest BCUT2D eigenvalue weighted by Gasteiger charge is 2.13. The van der Waals surface area contributed by atoms with Gasteiger partial charge in [0.25, 0.3) is 0 Å². The zero-order valence-corrected chi connectivity index (χ0v) is 15.9. The van der Waals surface area contributed by atoms with Crippen LogP contribution in [0.2, 0.25) is 10.0 Å². The minimum Gasteiger partial charge on any atom is -0.423 e. The SMILES string of the molecule is Cc1csc(N/N=C\c2ccc(OC(=O)c3ccc(Cl)cc3Cl)cc2)n1. The Morgan fingerprint density at radius 3 is 2.65 bits per heavy atom. The van der Waals surface area contributed by atoms with Gasteiger partial charge in [-0.2, -0.15) is 5.10 Å². The second-order valence-electron chi connectivity index (χ2n) is 5.25.